The molecule has 0 amide bonds. The van der Waals surface area contributed by atoms with Gasteiger partial charge in [0.15, 0.2) is 0 Å². The first-order valence-corrected chi connectivity index (χ1v) is 17.9. The average molecular weight is 869 g/mol. The van der Waals surface area contributed by atoms with Crippen LogP contribution in [0.15, 0.2) is 146 Å². The molecule has 9 rings (SSSR count). The summed E-state index contributed by atoms with van der Waals surface area (Å²) in [5.41, 5.74) is 10.7. The van der Waals surface area contributed by atoms with E-state index in [1.165, 1.54) is 36.9 Å². The zero-order chi connectivity index (χ0) is 35.0. The maximum Gasteiger partial charge on any atom is 0.0957 e. The Hall–Kier alpha value is -5.26. The Labute approximate surface area is 322 Å². The second-order valence-electron chi connectivity index (χ2n) is 13.6. The number of aryl methyl sites for hydroxylation is 1. The second kappa shape index (κ2) is 14.8. The van der Waals surface area contributed by atoms with Crippen LogP contribution in [-0.4, -0.2) is 19.5 Å². The normalized spacial score (nSPS) is 11.3. The van der Waals surface area contributed by atoms with Crippen molar-refractivity contribution in [2.75, 3.05) is 0 Å². The Morgan fingerprint density at radius 3 is 2.19 bits per heavy atom. The number of imidazole rings is 1. The summed E-state index contributed by atoms with van der Waals surface area (Å²) in [6, 6.07) is 52.7. The van der Waals surface area contributed by atoms with Crippen molar-refractivity contribution in [1.29, 1.82) is 0 Å². The third-order valence-corrected chi connectivity index (χ3v) is 10.2. The standard InChI is InChI=1S/C35H28N3S.C11H8N.Ir/c1-22-15-17-27(33-32(22)26-18-16-24(19-30(26)39-33)23-11-7-5-8-12-23)34-37-28-21-36-31(35(2,3)4)20-29(28)38(34)25-13-9-6-10-14-25;1-2-6-10(7-3-1)11-8-4-5-9-12-11;/h5-16,18-21H,1-4H3;1-6,8-9H;/q2*-1;. The molecule has 0 aliphatic rings. The van der Waals surface area contributed by atoms with E-state index in [0.717, 1.165) is 45.1 Å². The van der Waals surface area contributed by atoms with E-state index in [-0.39, 0.29) is 25.5 Å². The van der Waals surface area contributed by atoms with Crippen molar-refractivity contribution in [2.45, 2.75) is 33.1 Å². The van der Waals surface area contributed by atoms with E-state index in [9.17, 15) is 0 Å². The number of rotatable bonds is 4. The molecule has 0 saturated heterocycles. The molecule has 0 aliphatic carbocycles. The van der Waals surface area contributed by atoms with Crippen LogP contribution in [0.3, 0.4) is 0 Å². The third kappa shape index (κ3) is 6.86. The van der Waals surface area contributed by atoms with E-state index in [1.54, 1.807) is 6.20 Å². The molecule has 6 heteroatoms. The SMILES string of the molecule is Cc1c[c-]c(-c2nc3cnc(C(C)(C)C)cc3n2-c2ccccc2)c2sc3cc(-c4ccccc4)ccc3c12.[Ir].[c-]1ccccc1-c1ccccn1. The predicted octanol–water partition coefficient (Wildman–Crippen LogP) is 12.1. The van der Waals surface area contributed by atoms with Crippen LogP contribution in [0, 0.1) is 19.1 Å². The quantitative estimate of drug-likeness (QED) is 0.166. The maximum absolute atomic E-state index is 5.17. The molecule has 4 nitrogen and oxygen atoms in total. The molecular formula is C46H36IrN4S-2. The molecule has 0 spiro atoms. The maximum atomic E-state index is 5.17. The van der Waals surface area contributed by atoms with E-state index in [4.69, 9.17) is 9.97 Å². The van der Waals surface area contributed by atoms with Crippen LogP contribution in [0.4, 0.5) is 0 Å². The van der Waals surface area contributed by atoms with Gasteiger partial charge in [-0.3, -0.25) is 9.97 Å². The monoisotopic (exact) mass is 869 g/mol. The number of aromatic nitrogens is 4. The zero-order valence-corrected chi connectivity index (χ0v) is 32.6. The first kappa shape index (κ1) is 35.2. The largest absolute Gasteiger partial charge is 0.333 e. The van der Waals surface area contributed by atoms with Gasteiger partial charge < -0.3 is 9.55 Å². The summed E-state index contributed by atoms with van der Waals surface area (Å²) in [6.45, 7) is 8.77. The van der Waals surface area contributed by atoms with Gasteiger partial charge in [0.05, 0.1) is 23.1 Å². The third-order valence-electron chi connectivity index (χ3n) is 9.05. The summed E-state index contributed by atoms with van der Waals surface area (Å²) in [6.07, 6.45) is 3.71. The number of fused-ring (bicyclic) bond motifs is 4. The van der Waals surface area contributed by atoms with Gasteiger partial charge in [-0.15, -0.1) is 53.6 Å². The average Bonchev–Trinajstić information content (AvgIpc) is 3.75. The van der Waals surface area contributed by atoms with E-state index in [0.29, 0.717) is 0 Å². The van der Waals surface area contributed by atoms with Crippen LogP contribution in [0.25, 0.3) is 70.7 Å². The fraction of sp³-hybridized carbons (Fsp3) is 0.109. The molecule has 4 heterocycles. The molecule has 0 fully saturated rings. The minimum Gasteiger partial charge on any atom is -0.333 e. The van der Waals surface area contributed by atoms with Crippen molar-refractivity contribution in [2.24, 2.45) is 0 Å². The summed E-state index contributed by atoms with van der Waals surface area (Å²) in [5.74, 6) is 0.892. The molecule has 1 radical (unpaired) electrons. The van der Waals surface area contributed by atoms with E-state index < -0.39 is 0 Å². The van der Waals surface area contributed by atoms with Gasteiger partial charge in [0, 0.05) is 47.8 Å². The van der Waals surface area contributed by atoms with Gasteiger partial charge in [-0.05, 0) is 57.2 Å². The first-order valence-electron chi connectivity index (χ1n) is 17.1. The van der Waals surface area contributed by atoms with Gasteiger partial charge in [-0.25, -0.2) is 0 Å². The Morgan fingerprint density at radius 2 is 1.48 bits per heavy atom. The van der Waals surface area contributed by atoms with Crippen molar-refractivity contribution in [3.8, 4) is 39.5 Å². The smallest absolute Gasteiger partial charge is 0.0957 e. The Kier molecular flexibility index (Phi) is 9.98. The molecule has 9 aromatic rings. The molecule has 0 atom stereocenters. The van der Waals surface area contributed by atoms with Gasteiger partial charge >= 0.3 is 0 Å². The summed E-state index contributed by atoms with van der Waals surface area (Å²) >= 11 is 1.83. The van der Waals surface area contributed by atoms with Crippen molar-refractivity contribution < 1.29 is 20.1 Å². The van der Waals surface area contributed by atoms with Gasteiger partial charge in [-0.2, -0.15) is 11.3 Å². The molecule has 0 N–H and O–H groups in total. The van der Waals surface area contributed by atoms with Crippen molar-refractivity contribution >= 4 is 42.5 Å². The molecule has 0 aliphatic heterocycles. The summed E-state index contributed by atoms with van der Waals surface area (Å²) in [5, 5.41) is 2.56. The number of thiophene rings is 1. The predicted molar refractivity (Wildman–Crippen MR) is 213 cm³/mol. The van der Waals surface area contributed by atoms with Crippen molar-refractivity contribution in [1.82, 2.24) is 19.5 Å². The molecule has 5 aromatic carbocycles. The molecule has 4 aromatic heterocycles. The molecule has 0 unspecified atom stereocenters. The van der Waals surface area contributed by atoms with Gasteiger partial charge in [0.2, 0.25) is 0 Å². The van der Waals surface area contributed by atoms with Crippen LogP contribution >= 0.6 is 11.3 Å². The van der Waals surface area contributed by atoms with Gasteiger partial charge in [0.1, 0.15) is 0 Å². The van der Waals surface area contributed by atoms with Crippen LogP contribution in [-0.2, 0) is 25.5 Å². The minimum absolute atomic E-state index is 0. The number of para-hydroxylation sites is 1. The van der Waals surface area contributed by atoms with Crippen molar-refractivity contribution in [3.63, 3.8) is 0 Å². The van der Waals surface area contributed by atoms with E-state index in [2.05, 4.69) is 140 Å². The molecule has 257 valence electrons. The number of benzene rings is 5. The Bertz CT molecular complexity index is 2570. The van der Waals surface area contributed by atoms with Crippen LogP contribution in [0.5, 0.6) is 0 Å². The van der Waals surface area contributed by atoms with Crippen LogP contribution < -0.4 is 0 Å². The zero-order valence-electron chi connectivity index (χ0n) is 29.4. The molecule has 0 bridgehead atoms. The molecule has 52 heavy (non-hydrogen) atoms. The fourth-order valence-corrected chi connectivity index (χ4v) is 7.74. The molecule has 0 saturated carbocycles. The first-order chi connectivity index (χ1) is 24.8. The summed E-state index contributed by atoms with van der Waals surface area (Å²) < 4.78 is 4.76. The summed E-state index contributed by atoms with van der Waals surface area (Å²) in [7, 11) is 0. The number of hydrogen-bond donors (Lipinski definition) is 0. The number of hydrogen-bond acceptors (Lipinski definition) is 4. The summed E-state index contributed by atoms with van der Waals surface area (Å²) in [4.78, 5) is 14.2. The van der Waals surface area contributed by atoms with Crippen molar-refractivity contribution in [3.05, 3.63) is 169 Å². The van der Waals surface area contributed by atoms with Crippen LogP contribution in [0.2, 0.25) is 0 Å². The Balaban J connectivity index is 0.000000275. The Morgan fingerprint density at radius 1 is 0.731 bits per heavy atom. The number of nitrogens with zero attached hydrogens (tertiary/aromatic N) is 4. The minimum atomic E-state index is -0.0642. The van der Waals surface area contributed by atoms with E-state index in [1.807, 2.05) is 60.0 Å². The van der Waals surface area contributed by atoms with Gasteiger partial charge in [-0.1, -0.05) is 111 Å². The van der Waals surface area contributed by atoms with Gasteiger partial charge in [0.25, 0.3) is 0 Å². The molecular weight excluding hydrogens is 833 g/mol. The number of pyridine rings is 2. The topological polar surface area (TPSA) is 43.6 Å². The van der Waals surface area contributed by atoms with E-state index >= 15 is 0 Å². The second-order valence-corrected chi connectivity index (χ2v) is 14.7. The fourth-order valence-electron chi connectivity index (χ4n) is 6.43. The van der Waals surface area contributed by atoms with Crippen LogP contribution in [0.1, 0.15) is 32.0 Å².